The van der Waals surface area contributed by atoms with Crippen LogP contribution in [0.3, 0.4) is 0 Å². The second kappa shape index (κ2) is 10.7. The zero-order valence-corrected chi connectivity index (χ0v) is 19.7. The van der Waals surface area contributed by atoms with Crippen LogP contribution >= 0.6 is 0 Å². The minimum Gasteiger partial charge on any atom is -0.444 e. The third-order valence-electron chi connectivity index (χ3n) is 5.15. The first kappa shape index (κ1) is 28.0. The maximum atomic E-state index is 13.2. The molecular formula is C21H36F3N3O5. The number of rotatable bonds is 7. The summed E-state index contributed by atoms with van der Waals surface area (Å²) in [5.41, 5.74) is -0.768. The second-order valence-corrected chi connectivity index (χ2v) is 9.82. The van der Waals surface area contributed by atoms with E-state index in [1.807, 2.05) is 0 Å². The number of hydrogen-bond acceptors (Lipinski definition) is 5. The molecule has 32 heavy (non-hydrogen) atoms. The Morgan fingerprint density at radius 2 is 1.59 bits per heavy atom. The highest BCUT2D eigenvalue weighted by Gasteiger charge is 2.47. The van der Waals surface area contributed by atoms with E-state index in [1.54, 1.807) is 34.6 Å². The largest absolute Gasteiger partial charge is 0.444 e. The number of aliphatic hydroxyl groups is 1. The lowest BCUT2D eigenvalue weighted by Gasteiger charge is -2.33. The van der Waals surface area contributed by atoms with Gasteiger partial charge >= 0.3 is 12.3 Å². The average Bonchev–Trinajstić information content (AvgIpc) is 3.10. The van der Waals surface area contributed by atoms with E-state index >= 15 is 0 Å². The molecule has 0 aromatic carbocycles. The number of nitrogens with zero attached hydrogens (tertiary/aromatic N) is 1. The molecule has 0 aliphatic carbocycles. The zero-order chi connectivity index (χ0) is 25.0. The van der Waals surface area contributed by atoms with Gasteiger partial charge in [-0.3, -0.25) is 9.59 Å². The van der Waals surface area contributed by atoms with Gasteiger partial charge in [0, 0.05) is 6.54 Å². The van der Waals surface area contributed by atoms with Gasteiger partial charge < -0.3 is 25.4 Å². The molecule has 8 nitrogen and oxygen atoms in total. The number of hydrogen-bond donors (Lipinski definition) is 3. The van der Waals surface area contributed by atoms with Crippen molar-refractivity contribution in [3.63, 3.8) is 0 Å². The van der Waals surface area contributed by atoms with Crippen LogP contribution in [0.2, 0.25) is 0 Å². The average molecular weight is 468 g/mol. The summed E-state index contributed by atoms with van der Waals surface area (Å²) in [5.74, 6) is -2.30. The highest BCUT2D eigenvalue weighted by atomic mass is 19.4. The van der Waals surface area contributed by atoms with Crippen molar-refractivity contribution in [1.82, 2.24) is 15.5 Å². The Balaban J connectivity index is 2.98. The maximum Gasteiger partial charge on any atom is 0.416 e. The van der Waals surface area contributed by atoms with Gasteiger partial charge in [0.05, 0.1) is 6.04 Å². The molecule has 3 N–H and O–H groups in total. The molecule has 186 valence electrons. The smallest absolute Gasteiger partial charge is 0.416 e. The van der Waals surface area contributed by atoms with E-state index in [0.717, 1.165) is 0 Å². The molecule has 0 radical (unpaired) electrons. The van der Waals surface area contributed by atoms with E-state index in [1.165, 1.54) is 18.7 Å². The van der Waals surface area contributed by atoms with Gasteiger partial charge in [0.1, 0.15) is 17.7 Å². The number of halogens is 3. The first-order valence-electron chi connectivity index (χ1n) is 10.8. The molecule has 1 heterocycles. The fourth-order valence-electron chi connectivity index (χ4n) is 3.50. The van der Waals surface area contributed by atoms with Crippen molar-refractivity contribution in [2.24, 2.45) is 11.8 Å². The third kappa shape index (κ3) is 7.83. The highest BCUT2D eigenvalue weighted by Crippen LogP contribution is 2.27. The van der Waals surface area contributed by atoms with Gasteiger partial charge in [0.25, 0.3) is 0 Å². The number of likely N-dealkylation sites (tertiary alicyclic amines) is 1. The molecule has 0 aromatic rings. The SMILES string of the molecule is CC(C)C(NC(=O)[C@@H]1CCCN1C(=O)[C@@H](NC(=O)OC(C)(C)C)C(C)C)C(O)C(F)(F)F. The van der Waals surface area contributed by atoms with Crippen LogP contribution in [0.25, 0.3) is 0 Å². The van der Waals surface area contributed by atoms with Crippen LogP contribution in [-0.2, 0) is 14.3 Å². The molecule has 1 aliphatic rings. The van der Waals surface area contributed by atoms with E-state index < -0.39 is 59.8 Å². The lowest BCUT2D eigenvalue weighted by atomic mass is 9.97. The molecule has 1 saturated heterocycles. The fourth-order valence-corrected chi connectivity index (χ4v) is 3.50. The Hall–Kier alpha value is -2.04. The number of nitrogens with one attached hydrogen (secondary N) is 2. The highest BCUT2D eigenvalue weighted by molar-refractivity contribution is 5.92. The first-order valence-corrected chi connectivity index (χ1v) is 10.8. The summed E-state index contributed by atoms with van der Waals surface area (Å²) >= 11 is 0. The summed E-state index contributed by atoms with van der Waals surface area (Å²) in [7, 11) is 0. The van der Waals surface area contributed by atoms with Crippen LogP contribution in [0, 0.1) is 11.8 Å². The second-order valence-electron chi connectivity index (χ2n) is 9.82. The standard InChI is InChI=1S/C21H36F3N3O5/c1-11(2)14(16(28)21(22,23)24)25-17(29)13-9-8-10-27(13)18(30)15(12(3)4)26-19(31)32-20(5,6)7/h11-16,28H,8-10H2,1-7H3,(H,25,29)(H,26,31)/t13-,14?,15-,16?/m0/s1. The van der Waals surface area contributed by atoms with Crippen LogP contribution in [0.15, 0.2) is 0 Å². The molecule has 0 bridgehead atoms. The van der Waals surface area contributed by atoms with E-state index in [-0.39, 0.29) is 18.9 Å². The van der Waals surface area contributed by atoms with Crippen LogP contribution in [0.4, 0.5) is 18.0 Å². The predicted octanol–water partition coefficient (Wildman–Crippen LogP) is 2.59. The van der Waals surface area contributed by atoms with E-state index in [9.17, 15) is 32.7 Å². The summed E-state index contributed by atoms with van der Waals surface area (Å²) in [6, 6.07) is -3.52. The Morgan fingerprint density at radius 3 is 2.03 bits per heavy atom. The van der Waals surface area contributed by atoms with Crippen LogP contribution < -0.4 is 10.6 Å². The van der Waals surface area contributed by atoms with Crippen molar-refractivity contribution in [2.75, 3.05) is 6.54 Å². The normalized spacial score (nSPS) is 20.2. The van der Waals surface area contributed by atoms with Crippen LogP contribution in [0.5, 0.6) is 0 Å². The van der Waals surface area contributed by atoms with Gasteiger partial charge in [-0.1, -0.05) is 27.7 Å². The van der Waals surface area contributed by atoms with Crippen molar-refractivity contribution in [3.8, 4) is 0 Å². The molecular weight excluding hydrogens is 431 g/mol. The number of alkyl carbamates (subject to hydrolysis) is 1. The molecule has 1 fully saturated rings. The maximum absolute atomic E-state index is 13.2. The molecule has 0 aromatic heterocycles. The van der Waals surface area contributed by atoms with Crippen LogP contribution in [0.1, 0.15) is 61.3 Å². The molecule has 1 aliphatic heterocycles. The fraction of sp³-hybridized carbons (Fsp3) is 0.857. The molecule has 2 unspecified atom stereocenters. The molecule has 0 saturated carbocycles. The van der Waals surface area contributed by atoms with E-state index in [4.69, 9.17) is 4.74 Å². The lowest BCUT2D eigenvalue weighted by molar-refractivity contribution is -0.215. The number of aliphatic hydroxyl groups excluding tert-OH is 1. The van der Waals surface area contributed by atoms with Gasteiger partial charge in [-0.25, -0.2) is 4.79 Å². The number of alkyl halides is 3. The summed E-state index contributed by atoms with van der Waals surface area (Å²) < 4.78 is 44.2. The number of carbonyl (C=O) groups excluding carboxylic acids is 3. The third-order valence-corrected chi connectivity index (χ3v) is 5.15. The Labute approximate surface area is 187 Å². The van der Waals surface area contributed by atoms with Gasteiger partial charge in [0.2, 0.25) is 11.8 Å². The number of carbonyl (C=O) groups is 3. The monoisotopic (exact) mass is 467 g/mol. The molecule has 0 spiro atoms. The summed E-state index contributed by atoms with van der Waals surface area (Å²) in [6.07, 6.45) is -7.66. The Bertz CT molecular complexity index is 677. The topological polar surface area (TPSA) is 108 Å². The molecule has 11 heteroatoms. The summed E-state index contributed by atoms with van der Waals surface area (Å²) in [4.78, 5) is 39.4. The minimum atomic E-state index is -4.90. The zero-order valence-electron chi connectivity index (χ0n) is 19.7. The Kier molecular flexibility index (Phi) is 9.38. The van der Waals surface area contributed by atoms with Crippen LogP contribution in [-0.4, -0.2) is 70.5 Å². The molecule has 4 atom stereocenters. The number of ether oxygens (including phenoxy) is 1. The van der Waals surface area contributed by atoms with Gasteiger partial charge in [-0.2, -0.15) is 13.2 Å². The first-order chi connectivity index (χ1) is 14.5. The van der Waals surface area contributed by atoms with Crippen molar-refractivity contribution in [3.05, 3.63) is 0 Å². The van der Waals surface area contributed by atoms with Crippen molar-refractivity contribution >= 4 is 17.9 Å². The lowest BCUT2D eigenvalue weighted by Crippen LogP contribution is -2.59. The van der Waals surface area contributed by atoms with Gasteiger partial charge in [-0.15, -0.1) is 0 Å². The Morgan fingerprint density at radius 1 is 1.03 bits per heavy atom. The van der Waals surface area contributed by atoms with Crippen molar-refractivity contribution < 1.29 is 37.4 Å². The van der Waals surface area contributed by atoms with Gasteiger partial charge in [0.15, 0.2) is 6.10 Å². The number of amides is 3. The summed E-state index contributed by atoms with van der Waals surface area (Å²) in [5, 5.41) is 14.5. The van der Waals surface area contributed by atoms with Crippen molar-refractivity contribution in [2.45, 2.75) is 97.3 Å². The minimum absolute atomic E-state index is 0.226. The van der Waals surface area contributed by atoms with Crippen molar-refractivity contribution in [1.29, 1.82) is 0 Å². The quantitative estimate of drug-likeness (QED) is 0.534. The van der Waals surface area contributed by atoms with Gasteiger partial charge in [-0.05, 0) is 45.4 Å². The van der Waals surface area contributed by atoms with E-state index in [2.05, 4.69) is 10.6 Å². The van der Waals surface area contributed by atoms with E-state index in [0.29, 0.717) is 6.42 Å². The predicted molar refractivity (Wildman–Crippen MR) is 112 cm³/mol. The summed E-state index contributed by atoms with van der Waals surface area (Å²) in [6.45, 7) is 11.6. The molecule has 1 rings (SSSR count). The molecule has 3 amide bonds.